The van der Waals surface area contributed by atoms with E-state index in [4.69, 9.17) is 9.47 Å². The molecular weight excluding hydrogens is 250 g/mol. The van der Waals surface area contributed by atoms with E-state index in [1.807, 2.05) is 19.1 Å². The topological polar surface area (TPSA) is 30.5 Å². The van der Waals surface area contributed by atoms with Crippen LogP contribution in [0.3, 0.4) is 0 Å². The minimum Gasteiger partial charge on any atom is -0.493 e. The molecule has 114 valence electrons. The van der Waals surface area contributed by atoms with E-state index in [1.54, 1.807) is 7.11 Å². The Kier molecular flexibility index (Phi) is 8.12. The summed E-state index contributed by atoms with van der Waals surface area (Å²) in [5.41, 5.74) is 1.15. The molecule has 0 amide bonds. The normalized spacial score (nSPS) is 12.2. The van der Waals surface area contributed by atoms with Crippen LogP contribution in [0, 0.1) is 0 Å². The van der Waals surface area contributed by atoms with Crippen LogP contribution in [0.5, 0.6) is 11.5 Å². The summed E-state index contributed by atoms with van der Waals surface area (Å²) in [6.07, 6.45) is 5.11. The molecule has 0 fully saturated rings. The van der Waals surface area contributed by atoms with Gasteiger partial charge in [0.1, 0.15) is 0 Å². The van der Waals surface area contributed by atoms with E-state index >= 15 is 0 Å². The van der Waals surface area contributed by atoms with Crippen LogP contribution < -0.4 is 14.8 Å². The Bertz CT molecular complexity index is 379. The van der Waals surface area contributed by atoms with Crippen molar-refractivity contribution in [3.8, 4) is 11.5 Å². The fourth-order valence-corrected chi connectivity index (χ4v) is 2.29. The van der Waals surface area contributed by atoms with Crippen molar-refractivity contribution in [2.24, 2.45) is 0 Å². The van der Waals surface area contributed by atoms with E-state index in [1.165, 1.54) is 25.7 Å². The Labute approximate surface area is 123 Å². The maximum Gasteiger partial charge on any atom is 0.165 e. The summed E-state index contributed by atoms with van der Waals surface area (Å²) >= 11 is 0. The third-order valence-electron chi connectivity index (χ3n) is 3.45. The molecule has 0 saturated heterocycles. The van der Waals surface area contributed by atoms with Crippen LogP contribution >= 0.6 is 0 Å². The number of rotatable bonds is 10. The summed E-state index contributed by atoms with van der Waals surface area (Å²) in [5, 5.41) is 3.57. The van der Waals surface area contributed by atoms with E-state index in [0.717, 1.165) is 23.6 Å². The van der Waals surface area contributed by atoms with Gasteiger partial charge in [0.2, 0.25) is 0 Å². The molecule has 0 radical (unpaired) electrons. The number of unbranched alkanes of at least 4 members (excludes halogenated alkanes) is 2. The van der Waals surface area contributed by atoms with Gasteiger partial charge in [0.15, 0.2) is 11.5 Å². The molecule has 1 rings (SSSR count). The first-order valence-corrected chi connectivity index (χ1v) is 7.74. The minimum absolute atomic E-state index is 0.530. The van der Waals surface area contributed by atoms with Gasteiger partial charge in [-0.15, -0.1) is 0 Å². The maximum absolute atomic E-state index is 5.60. The largest absolute Gasteiger partial charge is 0.493 e. The fourth-order valence-electron chi connectivity index (χ4n) is 2.29. The first-order valence-electron chi connectivity index (χ1n) is 7.74. The van der Waals surface area contributed by atoms with E-state index in [0.29, 0.717) is 12.6 Å². The second-order valence-corrected chi connectivity index (χ2v) is 5.16. The lowest BCUT2D eigenvalue weighted by Gasteiger charge is -2.17. The third-order valence-corrected chi connectivity index (χ3v) is 3.45. The number of hydrogen-bond donors (Lipinski definition) is 1. The molecule has 1 aromatic rings. The summed E-state index contributed by atoms with van der Waals surface area (Å²) in [7, 11) is 1.70. The van der Waals surface area contributed by atoms with Crippen LogP contribution in [0.25, 0.3) is 0 Å². The average molecular weight is 279 g/mol. The Morgan fingerprint density at radius 1 is 1.20 bits per heavy atom. The lowest BCUT2D eigenvalue weighted by atomic mass is 10.1. The average Bonchev–Trinajstić information content (AvgIpc) is 2.46. The molecule has 0 aliphatic rings. The molecule has 20 heavy (non-hydrogen) atoms. The van der Waals surface area contributed by atoms with E-state index in [9.17, 15) is 0 Å². The number of nitrogens with one attached hydrogen (secondary N) is 1. The molecule has 0 bridgehead atoms. The van der Waals surface area contributed by atoms with Crippen molar-refractivity contribution in [1.82, 2.24) is 5.32 Å². The molecule has 3 nitrogen and oxygen atoms in total. The van der Waals surface area contributed by atoms with Gasteiger partial charge in [0, 0.05) is 18.2 Å². The SMILES string of the molecule is CCCCCC(C)NCc1cccc(OCC)c1OC. The lowest BCUT2D eigenvalue weighted by molar-refractivity contribution is 0.308. The van der Waals surface area contributed by atoms with Crippen LogP contribution in [0.2, 0.25) is 0 Å². The zero-order valence-electron chi connectivity index (χ0n) is 13.4. The van der Waals surface area contributed by atoms with Gasteiger partial charge in [-0.2, -0.15) is 0 Å². The van der Waals surface area contributed by atoms with Crippen molar-refractivity contribution in [2.75, 3.05) is 13.7 Å². The molecule has 0 aliphatic carbocycles. The zero-order valence-corrected chi connectivity index (χ0v) is 13.4. The fraction of sp³-hybridized carbons (Fsp3) is 0.647. The molecule has 0 aromatic heterocycles. The van der Waals surface area contributed by atoms with Gasteiger partial charge in [-0.3, -0.25) is 0 Å². The third kappa shape index (κ3) is 5.41. The highest BCUT2D eigenvalue weighted by Crippen LogP contribution is 2.31. The molecule has 0 aliphatic heterocycles. The number of hydrogen-bond acceptors (Lipinski definition) is 3. The Morgan fingerprint density at radius 2 is 2.00 bits per heavy atom. The smallest absolute Gasteiger partial charge is 0.165 e. The minimum atomic E-state index is 0.530. The van der Waals surface area contributed by atoms with Crippen molar-refractivity contribution in [3.05, 3.63) is 23.8 Å². The highest BCUT2D eigenvalue weighted by atomic mass is 16.5. The predicted molar refractivity (Wildman–Crippen MR) is 84.6 cm³/mol. The molecule has 3 heteroatoms. The Hall–Kier alpha value is -1.22. The van der Waals surface area contributed by atoms with Gasteiger partial charge < -0.3 is 14.8 Å². The van der Waals surface area contributed by atoms with Gasteiger partial charge in [-0.25, -0.2) is 0 Å². The van der Waals surface area contributed by atoms with Gasteiger partial charge in [-0.05, 0) is 26.3 Å². The number of ether oxygens (including phenoxy) is 2. The summed E-state index contributed by atoms with van der Waals surface area (Å²) < 4.78 is 11.1. The van der Waals surface area contributed by atoms with Gasteiger partial charge in [0.25, 0.3) is 0 Å². The summed E-state index contributed by atoms with van der Waals surface area (Å²) in [5.74, 6) is 1.68. The zero-order chi connectivity index (χ0) is 14.8. The second kappa shape index (κ2) is 9.65. The van der Waals surface area contributed by atoms with Crippen LogP contribution in [0.15, 0.2) is 18.2 Å². The molecule has 1 unspecified atom stereocenters. The first-order chi connectivity index (χ1) is 9.72. The molecular formula is C17H29NO2. The quantitative estimate of drug-likeness (QED) is 0.653. The molecule has 0 saturated carbocycles. The molecule has 1 N–H and O–H groups in total. The highest BCUT2D eigenvalue weighted by molar-refractivity contribution is 5.46. The molecule has 1 atom stereocenters. The van der Waals surface area contributed by atoms with Gasteiger partial charge in [0.05, 0.1) is 13.7 Å². The first kappa shape index (κ1) is 16.8. The van der Waals surface area contributed by atoms with Crippen LogP contribution in [0.1, 0.15) is 52.0 Å². The summed E-state index contributed by atoms with van der Waals surface area (Å²) in [6, 6.07) is 6.60. The standard InChI is InChI=1S/C17H29NO2/c1-5-7-8-10-14(3)18-13-15-11-9-12-16(20-6-2)17(15)19-4/h9,11-12,14,18H,5-8,10,13H2,1-4H3. The molecule has 0 heterocycles. The Morgan fingerprint density at radius 3 is 2.65 bits per heavy atom. The maximum atomic E-state index is 5.60. The predicted octanol–water partition coefficient (Wildman–Crippen LogP) is 4.15. The van der Waals surface area contributed by atoms with Crippen molar-refractivity contribution in [2.45, 2.75) is 59.0 Å². The monoisotopic (exact) mass is 279 g/mol. The number of benzene rings is 1. The van der Waals surface area contributed by atoms with Crippen molar-refractivity contribution < 1.29 is 9.47 Å². The van der Waals surface area contributed by atoms with Crippen molar-refractivity contribution >= 4 is 0 Å². The van der Waals surface area contributed by atoms with E-state index in [2.05, 4.69) is 25.2 Å². The van der Waals surface area contributed by atoms with Crippen LogP contribution in [0.4, 0.5) is 0 Å². The van der Waals surface area contributed by atoms with Crippen LogP contribution in [-0.4, -0.2) is 19.8 Å². The second-order valence-electron chi connectivity index (χ2n) is 5.16. The Balaban J connectivity index is 2.56. The van der Waals surface area contributed by atoms with E-state index in [-0.39, 0.29) is 0 Å². The van der Waals surface area contributed by atoms with E-state index < -0.39 is 0 Å². The summed E-state index contributed by atoms with van der Waals surface area (Å²) in [6.45, 7) is 7.94. The van der Waals surface area contributed by atoms with Crippen molar-refractivity contribution in [1.29, 1.82) is 0 Å². The van der Waals surface area contributed by atoms with Crippen LogP contribution in [-0.2, 0) is 6.54 Å². The number of methoxy groups -OCH3 is 1. The summed E-state index contributed by atoms with van der Waals surface area (Å²) in [4.78, 5) is 0. The lowest BCUT2D eigenvalue weighted by Crippen LogP contribution is -2.25. The number of para-hydroxylation sites is 1. The van der Waals surface area contributed by atoms with Gasteiger partial charge >= 0.3 is 0 Å². The molecule has 1 aromatic carbocycles. The highest BCUT2D eigenvalue weighted by Gasteiger charge is 2.10. The molecule has 0 spiro atoms. The van der Waals surface area contributed by atoms with Crippen molar-refractivity contribution in [3.63, 3.8) is 0 Å². The van der Waals surface area contributed by atoms with Gasteiger partial charge in [-0.1, -0.05) is 38.3 Å².